The second kappa shape index (κ2) is 5.17. The number of hydrogen-bond donors (Lipinski definition) is 0. The third-order valence-electron chi connectivity index (χ3n) is 2.61. The minimum atomic E-state index is 0.0844. The summed E-state index contributed by atoms with van der Waals surface area (Å²) < 4.78 is 6.74. The van der Waals surface area contributed by atoms with Crippen LogP contribution < -0.4 is 0 Å². The van der Waals surface area contributed by atoms with Gasteiger partial charge in [-0.3, -0.25) is 0 Å². The Labute approximate surface area is 108 Å². The van der Waals surface area contributed by atoms with E-state index < -0.39 is 0 Å². The minimum absolute atomic E-state index is 0.0844. The first kappa shape index (κ1) is 11.9. The highest BCUT2D eigenvalue weighted by Gasteiger charge is 2.22. The molecule has 0 N–H and O–H groups in total. The van der Waals surface area contributed by atoms with Gasteiger partial charge in [0.1, 0.15) is 0 Å². The van der Waals surface area contributed by atoms with Crippen molar-refractivity contribution in [3.8, 4) is 0 Å². The molecule has 0 spiro atoms. The summed E-state index contributed by atoms with van der Waals surface area (Å²) in [7, 11) is 0. The van der Waals surface area contributed by atoms with E-state index in [0.717, 1.165) is 23.9 Å². The predicted molar refractivity (Wildman–Crippen MR) is 68.9 cm³/mol. The molecule has 15 heavy (non-hydrogen) atoms. The van der Waals surface area contributed by atoms with Gasteiger partial charge in [0.2, 0.25) is 0 Å². The maximum atomic E-state index is 6.41. The SMILES string of the molecule is Cc1cc(Br)c(C(Cl)CC2CCCO2)s1. The van der Waals surface area contributed by atoms with Crippen molar-refractivity contribution >= 4 is 38.9 Å². The molecule has 84 valence electrons. The van der Waals surface area contributed by atoms with Crippen LogP contribution in [0.3, 0.4) is 0 Å². The van der Waals surface area contributed by atoms with Gasteiger partial charge >= 0.3 is 0 Å². The molecule has 4 heteroatoms. The van der Waals surface area contributed by atoms with Crippen LogP contribution in [-0.2, 0) is 4.74 Å². The minimum Gasteiger partial charge on any atom is -0.378 e. The standard InChI is InChI=1S/C11H14BrClOS/c1-7-5-9(12)11(15-7)10(13)6-8-3-2-4-14-8/h5,8,10H,2-4,6H2,1H3. The van der Waals surface area contributed by atoms with E-state index >= 15 is 0 Å². The fraction of sp³-hybridized carbons (Fsp3) is 0.636. The largest absolute Gasteiger partial charge is 0.378 e. The number of ether oxygens (including phenoxy) is 1. The van der Waals surface area contributed by atoms with Gasteiger partial charge in [0.15, 0.2) is 0 Å². The topological polar surface area (TPSA) is 9.23 Å². The van der Waals surface area contributed by atoms with Gasteiger partial charge in [-0.2, -0.15) is 0 Å². The van der Waals surface area contributed by atoms with Crippen LogP contribution >= 0.6 is 38.9 Å². The van der Waals surface area contributed by atoms with Crippen molar-refractivity contribution in [2.24, 2.45) is 0 Å². The molecule has 0 saturated carbocycles. The molecule has 2 heterocycles. The zero-order chi connectivity index (χ0) is 10.8. The Balaban J connectivity index is 2.00. The molecule has 1 aromatic heterocycles. The van der Waals surface area contributed by atoms with Gasteiger partial charge in [-0.05, 0) is 48.2 Å². The second-order valence-corrected chi connectivity index (χ2v) is 6.58. The van der Waals surface area contributed by atoms with Gasteiger partial charge in [-0.1, -0.05) is 0 Å². The summed E-state index contributed by atoms with van der Waals surface area (Å²) in [5.74, 6) is 0. The van der Waals surface area contributed by atoms with E-state index in [9.17, 15) is 0 Å². The highest BCUT2D eigenvalue weighted by molar-refractivity contribution is 9.10. The number of hydrogen-bond acceptors (Lipinski definition) is 2. The van der Waals surface area contributed by atoms with Crippen molar-refractivity contribution in [3.05, 3.63) is 20.3 Å². The van der Waals surface area contributed by atoms with Crippen LogP contribution in [0.5, 0.6) is 0 Å². The highest BCUT2D eigenvalue weighted by atomic mass is 79.9. The maximum Gasteiger partial charge on any atom is 0.0714 e. The molecule has 0 amide bonds. The summed E-state index contributed by atoms with van der Waals surface area (Å²) in [6, 6.07) is 2.13. The van der Waals surface area contributed by atoms with Crippen LogP contribution in [0.25, 0.3) is 0 Å². The Kier molecular flexibility index (Phi) is 4.10. The van der Waals surface area contributed by atoms with E-state index in [1.165, 1.54) is 16.2 Å². The average molecular weight is 310 g/mol. The first-order chi connectivity index (χ1) is 7.16. The summed E-state index contributed by atoms with van der Waals surface area (Å²) in [6.07, 6.45) is 3.63. The molecule has 1 aliphatic heterocycles. The molecule has 1 saturated heterocycles. The van der Waals surface area contributed by atoms with Gasteiger partial charge in [0.05, 0.1) is 11.5 Å². The van der Waals surface area contributed by atoms with Gasteiger partial charge in [-0.15, -0.1) is 22.9 Å². The second-order valence-electron chi connectivity index (χ2n) is 3.91. The molecule has 2 unspecified atom stereocenters. The first-order valence-electron chi connectivity index (χ1n) is 5.18. The van der Waals surface area contributed by atoms with Crippen molar-refractivity contribution in [1.29, 1.82) is 0 Å². The third-order valence-corrected chi connectivity index (χ3v) is 5.22. The third kappa shape index (κ3) is 2.96. The van der Waals surface area contributed by atoms with Crippen molar-refractivity contribution < 1.29 is 4.74 Å². The highest BCUT2D eigenvalue weighted by Crippen LogP contribution is 2.39. The van der Waals surface area contributed by atoms with Crippen LogP contribution in [0.1, 0.15) is 34.4 Å². The Morgan fingerprint density at radius 3 is 3.07 bits per heavy atom. The van der Waals surface area contributed by atoms with Gasteiger partial charge in [-0.25, -0.2) is 0 Å². The molecule has 0 radical (unpaired) electrons. The van der Waals surface area contributed by atoms with Crippen molar-refractivity contribution in [2.45, 2.75) is 37.7 Å². The monoisotopic (exact) mass is 308 g/mol. The lowest BCUT2D eigenvalue weighted by molar-refractivity contribution is 0.103. The van der Waals surface area contributed by atoms with Crippen LogP contribution in [0, 0.1) is 6.92 Å². The fourth-order valence-corrected chi connectivity index (χ4v) is 4.38. The normalized spacial score (nSPS) is 23.3. The lowest BCUT2D eigenvalue weighted by Crippen LogP contribution is -2.07. The lowest BCUT2D eigenvalue weighted by Gasteiger charge is -2.13. The van der Waals surface area contributed by atoms with E-state index in [1.54, 1.807) is 11.3 Å². The number of alkyl halides is 1. The zero-order valence-corrected chi connectivity index (χ0v) is 11.8. The van der Waals surface area contributed by atoms with Crippen LogP contribution in [0.15, 0.2) is 10.5 Å². The molecule has 1 aromatic rings. The van der Waals surface area contributed by atoms with Crippen LogP contribution in [-0.4, -0.2) is 12.7 Å². The number of halogens is 2. The molecule has 0 aromatic carbocycles. The average Bonchev–Trinajstić information content (AvgIpc) is 2.75. The van der Waals surface area contributed by atoms with E-state index in [4.69, 9.17) is 16.3 Å². The zero-order valence-electron chi connectivity index (χ0n) is 8.63. The van der Waals surface area contributed by atoms with Gasteiger partial charge < -0.3 is 4.74 Å². The smallest absolute Gasteiger partial charge is 0.0714 e. The van der Waals surface area contributed by atoms with E-state index in [2.05, 4.69) is 28.9 Å². The molecule has 2 atom stereocenters. The lowest BCUT2D eigenvalue weighted by atomic mass is 10.1. The summed E-state index contributed by atoms with van der Waals surface area (Å²) in [5.41, 5.74) is 0. The number of thiophene rings is 1. The molecule has 1 fully saturated rings. The molecule has 0 aliphatic carbocycles. The molecule has 2 rings (SSSR count). The van der Waals surface area contributed by atoms with Gasteiger partial charge in [0, 0.05) is 20.8 Å². The molecule has 1 aliphatic rings. The Bertz CT molecular complexity index is 333. The molecule has 1 nitrogen and oxygen atoms in total. The van der Waals surface area contributed by atoms with Crippen molar-refractivity contribution in [3.63, 3.8) is 0 Å². The maximum absolute atomic E-state index is 6.41. The summed E-state index contributed by atoms with van der Waals surface area (Å²) in [5, 5.41) is 0.0844. The van der Waals surface area contributed by atoms with Crippen molar-refractivity contribution in [1.82, 2.24) is 0 Å². The van der Waals surface area contributed by atoms with Gasteiger partial charge in [0.25, 0.3) is 0 Å². The quantitative estimate of drug-likeness (QED) is 0.737. The number of aryl methyl sites for hydroxylation is 1. The predicted octanol–water partition coefficient (Wildman–Crippen LogP) is 4.67. The Morgan fingerprint density at radius 2 is 2.53 bits per heavy atom. The fourth-order valence-electron chi connectivity index (χ4n) is 1.88. The number of rotatable bonds is 3. The van der Waals surface area contributed by atoms with E-state index in [1.807, 2.05) is 0 Å². The van der Waals surface area contributed by atoms with Crippen LogP contribution in [0.2, 0.25) is 0 Å². The van der Waals surface area contributed by atoms with E-state index in [-0.39, 0.29) is 5.38 Å². The molecular formula is C11H14BrClOS. The first-order valence-corrected chi connectivity index (χ1v) is 7.23. The molecule has 0 bridgehead atoms. The summed E-state index contributed by atoms with van der Waals surface area (Å²) in [6.45, 7) is 3.01. The van der Waals surface area contributed by atoms with E-state index in [0.29, 0.717) is 6.10 Å². The summed E-state index contributed by atoms with van der Waals surface area (Å²) in [4.78, 5) is 2.54. The van der Waals surface area contributed by atoms with Crippen molar-refractivity contribution in [2.75, 3.05) is 6.61 Å². The Morgan fingerprint density at radius 1 is 1.73 bits per heavy atom. The van der Waals surface area contributed by atoms with Crippen LogP contribution in [0.4, 0.5) is 0 Å². The summed E-state index contributed by atoms with van der Waals surface area (Å²) >= 11 is 11.7. The molecular weight excluding hydrogens is 296 g/mol. The Hall–Kier alpha value is 0.430.